The summed E-state index contributed by atoms with van der Waals surface area (Å²) in [7, 11) is 0. The molecule has 1 aromatic heterocycles. The second-order valence-electron chi connectivity index (χ2n) is 5.32. The number of nitrogens with zero attached hydrogens (tertiary/aromatic N) is 1. The molecule has 3 aromatic rings. The lowest BCUT2D eigenvalue weighted by molar-refractivity contribution is -0.688. The molecule has 4 heteroatoms. The standard InChI is InChI=1S/C20H16BrNO.BrH/c21-20-7-2-1-5-18(20)15-22-12-10-16(11-13-22)8-9-17-4-3-6-19(23)14-17;/h1-14H,15H2;1H/b9-8+;. The highest BCUT2D eigenvalue weighted by Gasteiger charge is 2.05. The lowest BCUT2D eigenvalue weighted by atomic mass is 10.1. The molecule has 0 spiro atoms. The Kier molecular flexibility index (Phi) is 6.76. The fourth-order valence-corrected chi connectivity index (χ4v) is 2.74. The first-order chi connectivity index (χ1) is 11.2. The Bertz CT molecular complexity index is 829. The molecule has 0 amide bonds. The van der Waals surface area contributed by atoms with Crippen molar-refractivity contribution in [3.8, 4) is 5.75 Å². The Morgan fingerprint density at radius 1 is 0.875 bits per heavy atom. The van der Waals surface area contributed by atoms with Gasteiger partial charge in [0.2, 0.25) is 0 Å². The summed E-state index contributed by atoms with van der Waals surface area (Å²) in [5.74, 6) is 0.284. The van der Waals surface area contributed by atoms with Crippen molar-refractivity contribution in [1.29, 1.82) is 0 Å². The van der Waals surface area contributed by atoms with Crippen molar-refractivity contribution in [3.63, 3.8) is 0 Å². The smallest absolute Gasteiger partial charge is 0.174 e. The summed E-state index contributed by atoms with van der Waals surface area (Å²) in [6, 6.07) is 19.6. The molecule has 0 saturated heterocycles. The fraction of sp³-hybridized carbons (Fsp3) is 0.0500. The lowest BCUT2D eigenvalue weighted by Gasteiger charge is -2.01. The first-order valence-corrected chi connectivity index (χ1v) is 8.20. The first kappa shape index (κ1) is 18.4. The lowest BCUT2D eigenvalue weighted by Crippen LogP contribution is -3.00. The topological polar surface area (TPSA) is 24.1 Å². The third kappa shape index (κ3) is 5.05. The molecule has 0 aliphatic heterocycles. The van der Waals surface area contributed by atoms with Gasteiger partial charge in [-0.1, -0.05) is 58.4 Å². The zero-order valence-electron chi connectivity index (χ0n) is 12.9. The number of benzene rings is 2. The molecule has 0 unspecified atom stereocenters. The summed E-state index contributed by atoms with van der Waals surface area (Å²) >= 11 is 3.58. The first-order valence-electron chi connectivity index (χ1n) is 7.40. The van der Waals surface area contributed by atoms with Gasteiger partial charge in [0.15, 0.2) is 18.9 Å². The van der Waals surface area contributed by atoms with Gasteiger partial charge in [0.05, 0.1) is 0 Å². The number of hydrogen-bond donors (Lipinski definition) is 1. The number of aromatic hydroxyl groups is 1. The van der Waals surface area contributed by atoms with E-state index in [2.05, 4.69) is 57.2 Å². The average Bonchev–Trinajstić information content (AvgIpc) is 2.56. The van der Waals surface area contributed by atoms with Gasteiger partial charge < -0.3 is 22.1 Å². The Morgan fingerprint density at radius 2 is 1.58 bits per heavy atom. The zero-order chi connectivity index (χ0) is 16.1. The van der Waals surface area contributed by atoms with Gasteiger partial charge >= 0.3 is 0 Å². The molecule has 2 nitrogen and oxygen atoms in total. The van der Waals surface area contributed by atoms with Crippen LogP contribution in [0.4, 0.5) is 0 Å². The number of phenolic OH excluding ortho intramolecular Hbond substituents is 1. The number of rotatable bonds is 4. The Hall–Kier alpha value is -1.91. The van der Waals surface area contributed by atoms with Crippen LogP contribution in [0.5, 0.6) is 5.75 Å². The quantitative estimate of drug-likeness (QED) is 0.605. The van der Waals surface area contributed by atoms with Crippen LogP contribution in [0.1, 0.15) is 16.7 Å². The molecule has 0 atom stereocenters. The molecule has 1 heterocycles. The van der Waals surface area contributed by atoms with Crippen LogP contribution in [-0.2, 0) is 6.54 Å². The van der Waals surface area contributed by atoms with E-state index in [9.17, 15) is 5.11 Å². The largest absolute Gasteiger partial charge is 1.00 e. The van der Waals surface area contributed by atoms with E-state index in [0.29, 0.717) is 0 Å². The molecule has 24 heavy (non-hydrogen) atoms. The van der Waals surface area contributed by atoms with Gasteiger partial charge in [0, 0.05) is 22.2 Å². The van der Waals surface area contributed by atoms with E-state index in [0.717, 1.165) is 22.1 Å². The zero-order valence-corrected chi connectivity index (χ0v) is 16.1. The predicted molar refractivity (Wildman–Crippen MR) is 96.9 cm³/mol. The third-order valence-corrected chi connectivity index (χ3v) is 4.34. The van der Waals surface area contributed by atoms with Gasteiger partial charge in [-0.3, -0.25) is 0 Å². The van der Waals surface area contributed by atoms with E-state index in [4.69, 9.17) is 0 Å². The number of pyridine rings is 1. The summed E-state index contributed by atoms with van der Waals surface area (Å²) in [6.07, 6.45) is 8.17. The van der Waals surface area contributed by atoms with Crippen molar-refractivity contribution < 1.29 is 26.7 Å². The summed E-state index contributed by atoms with van der Waals surface area (Å²) < 4.78 is 3.27. The van der Waals surface area contributed by atoms with Crippen molar-refractivity contribution in [1.82, 2.24) is 0 Å². The fourth-order valence-electron chi connectivity index (χ4n) is 2.33. The second-order valence-corrected chi connectivity index (χ2v) is 6.18. The van der Waals surface area contributed by atoms with E-state index in [1.807, 2.05) is 36.4 Å². The van der Waals surface area contributed by atoms with E-state index >= 15 is 0 Å². The monoisotopic (exact) mass is 445 g/mol. The van der Waals surface area contributed by atoms with Crippen molar-refractivity contribution in [2.75, 3.05) is 0 Å². The molecule has 0 saturated carbocycles. The van der Waals surface area contributed by atoms with E-state index < -0.39 is 0 Å². The van der Waals surface area contributed by atoms with Crippen LogP contribution in [0.3, 0.4) is 0 Å². The van der Waals surface area contributed by atoms with Gasteiger partial charge in [0.1, 0.15) is 5.75 Å². The molecule has 1 N–H and O–H groups in total. The highest BCUT2D eigenvalue weighted by Crippen LogP contribution is 2.16. The van der Waals surface area contributed by atoms with Crippen molar-refractivity contribution in [2.45, 2.75) is 6.54 Å². The van der Waals surface area contributed by atoms with Crippen LogP contribution in [0.25, 0.3) is 12.2 Å². The molecule has 0 radical (unpaired) electrons. The van der Waals surface area contributed by atoms with Crippen LogP contribution in [0.15, 0.2) is 77.5 Å². The molecule has 0 bridgehead atoms. The normalized spacial score (nSPS) is 10.5. The summed E-state index contributed by atoms with van der Waals surface area (Å²) in [6.45, 7) is 0.831. The number of hydrogen-bond acceptors (Lipinski definition) is 1. The molecule has 122 valence electrons. The van der Waals surface area contributed by atoms with Crippen LogP contribution >= 0.6 is 15.9 Å². The maximum absolute atomic E-state index is 9.47. The molecular formula is C20H17Br2NO. The van der Waals surface area contributed by atoms with Gasteiger partial charge in [-0.25, -0.2) is 4.57 Å². The van der Waals surface area contributed by atoms with Crippen LogP contribution in [0.2, 0.25) is 0 Å². The highest BCUT2D eigenvalue weighted by molar-refractivity contribution is 9.10. The minimum absolute atomic E-state index is 0. The van der Waals surface area contributed by atoms with Crippen LogP contribution < -0.4 is 21.5 Å². The van der Waals surface area contributed by atoms with Crippen molar-refractivity contribution >= 4 is 28.1 Å². The SMILES string of the molecule is Oc1cccc(/C=C/c2cc[n+](Cc3ccccc3Br)cc2)c1.[Br-]. The van der Waals surface area contributed by atoms with Gasteiger partial charge in [-0.05, 0) is 29.3 Å². The summed E-state index contributed by atoms with van der Waals surface area (Å²) in [5.41, 5.74) is 3.35. The second kappa shape index (κ2) is 8.81. The molecular weight excluding hydrogens is 430 g/mol. The maximum Gasteiger partial charge on any atom is 0.174 e. The predicted octanol–water partition coefficient (Wildman–Crippen LogP) is 1.66. The third-order valence-electron chi connectivity index (χ3n) is 3.57. The number of halogens is 2. The van der Waals surface area contributed by atoms with Crippen molar-refractivity contribution in [3.05, 3.63) is 94.2 Å². The molecule has 0 fully saturated rings. The van der Waals surface area contributed by atoms with Gasteiger partial charge in [0.25, 0.3) is 0 Å². The maximum atomic E-state index is 9.47. The number of aromatic nitrogens is 1. The van der Waals surface area contributed by atoms with E-state index in [1.54, 1.807) is 12.1 Å². The Balaban J connectivity index is 0.00000208. The highest BCUT2D eigenvalue weighted by atomic mass is 79.9. The summed E-state index contributed by atoms with van der Waals surface area (Å²) in [4.78, 5) is 0. The Labute approximate surface area is 161 Å². The van der Waals surface area contributed by atoms with Crippen molar-refractivity contribution in [2.24, 2.45) is 0 Å². The molecule has 2 aromatic carbocycles. The molecule has 3 rings (SSSR count). The van der Waals surface area contributed by atoms with E-state index in [1.165, 1.54) is 5.56 Å². The molecule has 0 aliphatic carbocycles. The van der Waals surface area contributed by atoms with Crippen LogP contribution in [0, 0.1) is 0 Å². The van der Waals surface area contributed by atoms with Gasteiger partial charge in [-0.15, -0.1) is 0 Å². The molecule has 0 aliphatic rings. The average molecular weight is 447 g/mol. The minimum Gasteiger partial charge on any atom is -1.00 e. The Morgan fingerprint density at radius 3 is 2.29 bits per heavy atom. The summed E-state index contributed by atoms with van der Waals surface area (Å²) in [5, 5.41) is 9.47. The number of phenols is 1. The van der Waals surface area contributed by atoms with Crippen LogP contribution in [-0.4, -0.2) is 5.11 Å². The van der Waals surface area contributed by atoms with Gasteiger partial charge in [-0.2, -0.15) is 0 Å². The minimum atomic E-state index is 0. The van der Waals surface area contributed by atoms with E-state index in [-0.39, 0.29) is 22.7 Å².